The second kappa shape index (κ2) is 13.7. The van der Waals surface area contributed by atoms with Gasteiger partial charge in [-0.05, 0) is 54.7 Å². The smallest absolute Gasteiger partial charge is 0.379 e. The van der Waals surface area contributed by atoms with Gasteiger partial charge in [0.25, 0.3) is 15.6 Å². The van der Waals surface area contributed by atoms with E-state index in [1.54, 1.807) is 13.2 Å². The molecule has 43 heavy (non-hydrogen) atoms. The first kappa shape index (κ1) is 30.7. The monoisotopic (exact) mass is 629 g/mol. The van der Waals surface area contributed by atoms with Gasteiger partial charge in [0, 0.05) is 13.0 Å². The van der Waals surface area contributed by atoms with Crippen molar-refractivity contribution in [2.45, 2.75) is 32.2 Å². The van der Waals surface area contributed by atoms with Crippen LogP contribution in [0, 0.1) is 0 Å². The van der Waals surface area contributed by atoms with Crippen molar-refractivity contribution >= 4 is 44.3 Å². The number of unbranched alkanes of at least 4 members (excludes halogenated alkanes) is 2. The molecule has 0 bridgehead atoms. The number of anilines is 1. The SMILES string of the molecule is COc1ccc2oc(C=C3Oc4ccc(-c5ccccc5)cc4N3CCCCS(=O)(=O)O)[n+](CCCCOS(=O)O)c2c1. The van der Waals surface area contributed by atoms with Crippen molar-refractivity contribution in [3.8, 4) is 22.6 Å². The summed E-state index contributed by atoms with van der Waals surface area (Å²) in [5, 5.41) is 0. The van der Waals surface area contributed by atoms with Crippen LogP contribution >= 0.6 is 0 Å². The quantitative estimate of drug-likeness (QED) is 0.0829. The average molecular weight is 630 g/mol. The molecule has 5 rings (SSSR count). The summed E-state index contributed by atoms with van der Waals surface area (Å²) in [6.07, 6.45) is 3.76. The van der Waals surface area contributed by atoms with Gasteiger partial charge in [-0.3, -0.25) is 13.3 Å². The molecule has 1 atom stereocenters. The highest BCUT2D eigenvalue weighted by molar-refractivity contribution is 7.85. The highest BCUT2D eigenvalue weighted by atomic mass is 32.2. The van der Waals surface area contributed by atoms with Gasteiger partial charge in [0.2, 0.25) is 11.5 Å². The summed E-state index contributed by atoms with van der Waals surface area (Å²) in [6.45, 7) is 1.11. The predicted molar refractivity (Wildman–Crippen MR) is 162 cm³/mol. The molecule has 13 heteroatoms. The molecule has 11 nitrogen and oxygen atoms in total. The Bertz CT molecular complexity index is 1740. The summed E-state index contributed by atoms with van der Waals surface area (Å²) in [6, 6.07) is 21.4. The number of nitrogens with zero attached hydrogens (tertiary/aromatic N) is 2. The van der Waals surface area contributed by atoms with Gasteiger partial charge < -0.3 is 18.8 Å². The number of ether oxygens (including phenoxy) is 2. The van der Waals surface area contributed by atoms with Crippen molar-refractivity contribution in [1.82, 2.24) is 0 Å². The highest BCUT2D eigenvalue weighted by Crippen LogP contribution is 2.42. The lowest BCUT2D eigenvalue weighted by atomic mass is 10.0. The summed E-state index contributed by atoms with van der Waals surface area (Å²) >= 11 is -2.31. The van der Waals surface area contributed by atoms with Crippen molar-refractivity contribution in [3.05, 3.63) is 78.5 Å². The number of aryl methyl sites for hydroxylation is 1. The zero-order chi connectivity index (χ0) is 30.4. The number of oxazole rings is 1. The summed E-state index contributed by atoms with van der Waals surface area (Å²) in [5.41, 5.74) is 4.33. The molecule has 0 radical (unpaired) electrons. The van der Waals surface area contributed by atoms with E-state index in [1.165, 1.54) is 0 Å². The topological polar surface area (TPSA) is 140 Å². The van der Waals surface area contributed by atoms with Crippen LogP contribution in [0.2, 0.25) is 0 Å². The highest BCUT2D eigenvalue weighted by Gasteiger charge is 2.30. The van der Waals surface area contributed by atoms with Crippen LogP contribution in [0.15, 0.2) is 77.0 Å². The molecule has 1 aliphatic rings. The third-order valence-electron chi connectivity index (χ3n) is 7.02. The Labute approximate surface area is 252 Å². The molecule has 0 amide bonds. The van der Waals surface area contributed by atoms with Crippen molar-refractivity contribution in [3.63, 3.8) is 0 Å². The fourth-order valence-electron chi connectivity index (χ4n) is 4.96. The fraction of sp³-hybridized carbons (Fsp3) is 0.300. The maximum atomic E-state index is 11.3. The number of benzene rings is 3. The molecule has 0 saturated heterocycles. The third-order valence-corrected chi connectivity index (χ3v) is 8.19. The first-order valence-corrected chi connectivity index (χ1v) is 16.4. The molecule has 0 aliphatic carbocycles. The van der Waals surface area contributed by atoms with Crippen LogP contribution in [0.5, 0.6) is 11.5 Å². The number of fused-ring (bicyclic) bond motifs is 2. The Hall–Kier alpha value is -3.75. The average Bonchev–Trinajstić information content (AvgIpc) is 3.50. The molecule has 2 heterocycles. The van der Waals surface area contributed by atoms with Crippen LogP contribution in [0.1, 0.15) is 31.6 Å². The Morgan fingerprint density at radius 2 is 1.81 bits per heavy atom. The molecule has 1 unspecified atom stereocenters. The maximum Gasteiger partial charge on any atom is 0.379 e. The van der Waals surface area contributed by atoms with Gasteiger partial charge in [0.05, 0.1) is 31.2 Å². The van der Waals surface area contributed by atoms with Crippen LogP contribution < -0.4 is 18.9 Å². The van der Waals surface area contributed by atoms with Crippen LogP contribution in [0.4, 0.5) is 5.69 Å². The van der Waals surface area contributed by atoms with E-state index in [2.05, 4.69) is 0 Å². The summed E-state index contributed by atoms with van der Waals surface area (Å²) in [5.74, 6) is 2.02. The van der Waals surface area contributed by atoms with Crippen LogP contribution in [0.3, 0.4) is 0 Å². The number of hydrogen-bond donors (Lipinski definition) is 2. The summed E-state index contributed by atoms with van der Waals surface area (Å²) in [7, 11) is -2.47. The molecular weight excluding hydrogens is 596 g/mol. The van der Waals surface area contributed by atoms with E-state index < -0.39 is 21.5 Å². The Morgan fingerprint density at radius 3 is 2.56 bits per heavy atom. The predicted octanol–water partition coefficient (Wildman–Crippen LogP) is 5.19. The standard InChI is InChI=1S/C30H32N2O9S2/c1-38-24-12-14-28-26(20-24)32(15-5-7-17-39-42(33)34)30(41-28)21-29-31(16-6-8-18-43(35,36)37)25-19-23(11-13-27(25)40-29)22-9-3-2-4-10-22/h2-4,9-14,19-21H,5-8,15-18H2,1H3,(H-,33,34,35,36,37)/p+1. The van der Waals surface area contributed by atoms with Gasteiger partial charge in [-0.25, -0.2) is 0 Å². The second-order valence-corrected chi connectivity index (χ2v) is 12.2. The molecule has 1 aliphatic heterocycles. The molecule has 4 aromatic rings. The van der Waals surface area contributed by atoms with Crippen LogP contribution in [0.25, 0.3) is 28.3 Å². The molecular formula is C30H33N2O9S2+. The van der Waals surface area contributed by atoms with Crippen LogP contribution in [-0.2, 0) is 32.2 Å². The third kappa shape index (κ3) is 7.80. The Morgan fingerprint density at radius 1 is 1.00 bits per heavy atom. The molecule has 0 saturated carbocycles. The normalized spacial score (nSPS) is 14.7. The number of methoxy groups -OCH3 is 1. The minimum atomic E-state index is -4.06. The summed E-state index contributed by atoms with van der Waals surface area (Å²) in [4.78, 5) is 1.98. The molecule has 1 aromatic heterocycles. The van der Waals surface area contributed by atoms with Crippen molar-refractivity contribution < 1.29 is 44.4 Å². The Kier molecular flexibility index (Phi) is 9.78. The van der Waals surface area contributed by atoms with E-state index in [4.69, 9.17) is 22.6 Å². The molecule has 228 valence electrons. The van der Waals surface area contributed by atoms with Gasteiger partial charge in [-0.15, -0.1) is 0 Å². The lowest BCUT2D eigenvalue weighted by Crippen LogP contribution is -2.36. The van der Waals surface area contributed by atoms with Crippen molar-refractivity contribution in [2.24, 2.45) is 0 Å². The van der Waals surface area contributed by atoms with E-state index in [0.717, 1.165) is 22.3 Å². The first-order chi connectivity index (χ1) is 20.7. The van der Waals surface area contributed by atoms with Crippen molar-refractivity contribution in [2.75, 3.05) is 30.9 Å². The van der Waals surface area contributed by atoms with Gasteiger partial charge in [0.15, 0.2) is 12.3 Å². The van der Waals surface area contributed by atoms with Crippen molar-refractivity contribution in [1.29, 1.82) is 0 Å². The zero-order valence-corrected chi connectivity index (χ0v) is 25.2. The lowest BCUT2D eigenvalue weighted by Gasteiger charge is -2.18. The largest absolute Gasteiger partial charge is 0.497 e. The zero-order valence-electron chi connectivity index (χ0n) is 23.5. The van der Waals surface area contributed by atoms with Gasteiger partial charge in [-0.2, -0.15) is 17.2 Å². The molecule has 0 fully saturated rings. The van der Waals surface area contributed by atoms with Gasteiger partial charge in [0.1, 0.15) is 11.8 Å². The number of aromatic nitrogens is 1. The Balaban J connectivity index is 1.49. The van der Waals surface area contributed by atoms with Gasteiger partial charge in [-0.1, -0.05) is 36.4 Å². The molecule has 3 aromatic carbocycles. The maximum absolute atomic E-state index is 11.3. The molecule has 2 N–H and O–H groups in total. The summed E-state index contributed by atoms with van der Waals surface area (Å²) < 4.78 is 76.3. The van der Waals surface area contributed by atoms with Gasteiger partial charge >= 0.3 is 17.3 Å². The van der Waals surface area contributed by atoms with E-state index in [9.17, 15) is 17.2 Å². The molecule has 0 spiro atoms. The van der Waals surface area contributed by atoms with Crippen LogP contribution in [-0.4, -0.2) is 47.7 Å². The van der Waals surface area contributed by atoms with E-state index in [0.29, 0.717) is 61.2 Å². The van der Waals surface area contributed by atoms with E-state index in [1.807, 2.05) is 76.2 Å². The minimum Gasteiger partial charge on any atom is -0.497 e. The fourth-order valence-corrected chi connectivity index (χ4v) is 5.79. The number of hydrogen-bond acceptors (Lipinski definition) is 8. The second-order valence-electron chi connectivity index (χ2n) is 9.95. The lowest BCUT2D eigenvalue weighted by molar-refractivity contribution is -0.678. The van der Waals surface area contributed by atoms with E-state index in [-0.39, 0.29) is 18.8 Å². The first-order valence-electron chi connectivity index (χ1n) is 13.8. The minimum absolute atomic E-state index is 0.138. The van der Waals surface area contributed by atoms with E-state index >= 15 is 0 Å². The number of rotatable bonds is 14.